The van der Waals surface area contributed by atoms with E-state index in [1.165, 1.54) is 40.5 Å². The molecule has 2 aliphatic heterocycles. The number of nitrogens with zero attached hydrogens (tertiary/aromatic N) is 2. The Morgan fingerprint density at radius 2 is 1.61 bits per heavy atom. The third-order valence-electron chi connectivity index (χ3n) is 5.70. The van der Waals surface area contributed by atoms with E-state index in [4.69, 9.17) is 0 Å². The Balaban J connectivity index is 1.67. The molecule has 0 fully saturated rings. The average Bonchev–Trinajstić information content (AvgIpc) is 3.39. The molecule has 0 spiro atoms. The maximum absolute atomic E-state index is 15.0. The number of amides is 1. The van der Waals surface area contributed by atoms with Gasteiger partial charge in [-0.1, -0.05) is 66.4 Å². The maximum Gasteiger partial charge on any atom is 0.435 e. The molecular formula is C24H14F3N3OS2. The number of nitrogens with one attached hydrogen (secondary N) is 1. The largest absolute Gasteiger partial charge is 0.435 e. The van der Waals surface area contributed by atoms with Crippen LogP contribution in [0, 0.1) is 0 Å². The molecule has 3 aromatic carbocycles. The predicted molar refractivity (Wildman–Crippen MR) is 124 cm³/mol. The summed E-state index contributed by atoms with van der Waals surface area (Å²) in [6.07, 6.45) is -4.81. The van der Waals surface area contributed by atoms with E-state index >= 15 is 0 Å². The monoisotopic (exact) mass is 481 g/mol. The summed E-state index contributed by atoms with van der Waals surface area (Å²) in [4.78, 5) is 19.9. The maximum atomic E-state index is 15.0. The second-order valence-electron chi connectivity index (χ2n) is 7.60. The summed E-state index contributed by atoms with van der Waals surface area (Å²) in [6.45, 7) is 0. The van der Waals surface area contributed by atoms with Crippen molar-refractivity contribution in [2.24, 2.45) is 0 Å². The van der Waals surface area contributed by atoms with Crippen LogP contribution in [0.3, 0.4) is 0 Å². The van der Waals surface area contributed by atoms with Gasteiger partial charge in [-0.2, -0.15) is 13.2 Å². The Kier molecular flexibility index (Phi) is 4.37. The van der Waals surface area contributed by atoms with Crippen molar-refractivity contribution in [2.45, 2.75) is 16.7 Å². The lowest BCUT2D eigenvalue weighted by Gasteiger charge is -2.47. The van der Waals surface area contributed by atoms with Crippen molar-refractivity contribution in [1.29, 1.82) is 0 Å². The van der Waals surface area contributed by atoms with Crippen LogP contribution in [0.15, 0.2) is 88.8 Å². The molecule has 6 rings (SSSR count). The summed E-state index contributed by atoms with van der Waals surface area (Å²) in [5.74, 6) is -0.804. The molecule has 4 aromatic rings. The molecule has 1 atom stereocenters. The normalized spacial score (nSPS) is 20.1. The number of thiazole rings is 1. The van der Waals surface area contributed by atoms with Crippen LogP contribution in [0.5, 0.6) is 0 Å². The number of alkyl halides is 3. The van der Waals surface area contributed by atoms with Crippen molar-refractivity contribution in [3.8, 4) is 0 Å². The lowest BCUT2D eigenvalue weighted by molar-refractivity contribution is -0.201. The predicted octanol–water partition coefficient (Wildman–Crippen LogP) is 6.12. The smallest absolute Gasteiger partial charge is 0.317 e. The summed E-state index contributed by atoms with van der Waals surface area (Å²) >= 11 is 2.45. The van der Waals surface area contributed by atoms with Crippen LogP contribution in [-0.4, -0.2) is 17.1 Å². The van der Waals surface area contributed by atoms with Gasteiger partial charge in [-0.05, 0) is 24.3 Å². The molecule has 3 heterocycles. The van der Waals surface area contributed by atoms with Crippen LogP contribution in [0.4, 0.5) is 18.9 Å². The van der Waals surface area contributed by atoms with Crippen LogP contribution in [0.2, 0.25) is 0 Å². The molecule has 1 aromatic heterocycles. The quantitative estimate of drug-likeness (QED) is 0.375. The third-order valence-corrected chi connectivity index (χ3v) is 7.90. The van der Waals surface area contributed by atoms with Gasteiger partial charge in [0.05, 0.1) is 20.9 Å². The second-order valence-corrected chi connectivity index (χ2v) is 9.66. The van der Waals surface area contributed by atoms with E-state index in [-0.39, 0.29) is 16.2 Å². The van der Waals surface area contributed by atoms with Gasteiger partial charge in [-0.25, -0.2) is 4.98 Å². The number of fused-ring (bicyclic) bond motifs is 4. The zero-order valence-electron chi connectivity index (χ0n) is 16.8. The van der Waals surface area contributed by atoms with Gasteiger partial charge in [-0.15, -0.1) is 11.3 Å². The molecular weight excluding hydrogens is 467 g/mol. The average molecular weight is 482 g/mol. The highest BCUT2D eigenvalue weighted by molar-refractivity contribution is 8.04. The zero-order valence-corrected chi connectivity index (χ0v) is 18.4. The van der Waals surface area contributed by atoms with Crippen molar-refractivity contribution < 1.29 is 18.0 Å². The lowest BCUT2D eigenvalue weighted by atomic mass is 9.92. The molecule has 9 heteroatoms. The number of carbonyl (C=O) groups is 1. The molecule has 0 saturated heterocycles. The highest BCUT2D eigenvalue weighted by atomic mass is 32.2. The number of hydrogen-bond donors (Lipinski definition) is 1. The number of hydrogen-bond acceptors (Lipinski definition) is 5. The molecule has 0 bridgehead atoms. The standard InChI is InChI=1S/C24H14F3N3OS2/c25-24(26,27)23(14-8-2-1-3-9-14)29-20(31)19(21-28-15-10-4-6-12-17(15)32-21)22-30(23)16-11-5-7-13-18(16)33-22/h1-13H,(H,29,31). The van der Waals surface area contributed by atoms with E-state index in [1.807, 2.05) is 24.3 Å². The molecule has 0 saturated carbocycles. The fraction of sp³-hybridized carbons (Fsp3) is 0.0833. The molecule has 0 radical (unpaired) electrons. The first-order chi connectivity index (χ1) is 15.9. The number of halogens is 3. The number of carbonyl (C=O) groups excluding carboxylic acids is 1. The van der Waals surface area contributed by atoms with E-state index in [1.54, 1.807) is 30.3 Å². The molecule has 1 amide bonds. The van der Waals surface area contributed by atoms with Gasteiger partial charge in [0.25, 0.3) is 5.91 Å². The lowest BCUT2D eigenvalue weighted by Crippen LogP contribution is -2.68. The zero-order chi connectivity index (χ0) is 22.8. The van der Waals surface area contributed by atoms with Gasteiger partial charge in [0.2, 0.25) is 5.66 Å². The van der Waals surface area contributed by atoms with Gasteiger partial charge in [0.1, 0.15) is 10.6 Å². The molecule has 4 nitrogen and oxygen atoms in total. The van der Waals surface area contributed by atoms with Crippen molar-refractivity contribution in [1.82, 2.24) is 10.3 Å². The molecule has 164 valence electrons. The second kappa shape index (κ2) is 7.10. The first kappa shape index (κ1) is 20.3. The Bertz CT molecular complexity index is 1420. The Labute approximate surface area is 194 Å². The fourth-order valence-corrected chi connectivity index (χ4v) is 6.58. The Morgan fingerprint density at radius 3 is 2.36 bits per heavy atom. The number of anilines is 1. The first-order valence-electron chi connectivity index (χ1n) is 10.0. The van der Waals surface area contributed by atoms with E-state index in [0.29, 0.717) is 21.1 Å². The van der Waals surface area contributed by atoms with Crippen LogP contribution in [-0.2, 0) is 10.5 Å². The molecule has 1 unspecified atom stereocenters. The van der Waals surface area contributed by atoms with Crippen LogP contribution >= 0.6 is 23.1 Å². The highest BCUT2D eigenvalue weighted by Gasteiger charge is 2.66. The molecule has 2 aliphatic rings. The minimum absolute atomic E-state index is 0.0657. The van der Waals surface area contributed by atoms with Gasteiger partial charge >= 0.3 is 6.18 Å². The SMILES string of the molecule is O=C1NC(c2ccccc2)(C(F)(F)F)N2C(=C1c1nc3ccccc3s1)Sc1ccccc12. The van der Waals surface area contributed by atoms with E-state index < -0.39 is 17.7 Å². The number of aromatic nitrogens is 1. The molecule has 1 N–H and O–H groups in total. The van der Waals surface area contributed by atoms with E-state index in [9.17, 15) is 18.0 Å². The number of rotatable bonds is 2. The number of thioether (sulfide) groups is 1. The van der Waals surface area contributed by atoms with Crippen LogP contribution in [0.25, 0.3) is 15.8 Å². The topological polar surface area (TPSA) is 45.2 Å². The summed E-state index contributed by atoms with van der Waals surface area (Å²) in [7, 11) is 0. The van der Waals surface area contributed by atoms with E-state index in [2.05, 4.69) is 10.3 Å². The Morgan fingerprint density at radius 1 is 0.909 bits per heavy atom. The summed E-state index contributed by atoms with van der Waals surface area (Å²) in [6, 6.07) is 21.8. The van der Waals surface area contributed by atoms with Crippen LogP contribution in [0.1, 0.15) is 10.6 Å². The minimum atomic E-state index is -4.81. The van der Waals surface area contributed by atoms with Crippen molar-refractivity contribution in [2.75, 3.05) is 4.90 Å². The summed E-state index contributed by atoms with van der Waals surface area (Å²) < 4.78 is 45.8. The fourth-order valence-electron chi connectivity index (χ4n) is 4.27. The van der Waals surface area contributed by atoms with Gasteiger partial charge in [-0.3, -0.25) is 9.69 Å². The first-order valence-corrected chi connectivity index (χ1v) is 11.7. The minimum Gasteiger partial charge on any atom is -0.317 e. The highest BCUT2D eigenvalue weighted by Crippen LogP contribution is 2.59. The van der Waals surface area contributed by atoms with Gasteiger partial charge in [0.15, 0.2) is 0 Å². The van der Waals surface area contributed by atoms with Crippen LogP contribution < -0.4 is 10.2 Å². The molecule has 0 aliphatic carbocycles. The summed E-state index contributed by atoms with van der Waals surface area (Å²) in [5.41, 5.74) is -1.59. The van der Waals surface area contributed by atoms with Crippen molar-refractivity contribution in [3.05, 3.63) is 94.5 Å². The van der Waals surface area contributed by atoms with Gasteiger partial charge < -0.3 is 5.32 Å². The van der Waals surface area contributed by atoms with Gasteiger partial charge in [0, 0.05) is 10.5 Å². The third kappa shape index (κ3) is 2.85. The Hall–Kier alpha value is -3.30. The summed E-state index contributed by atoms with van der Waals surface area (Å²) in [5, 5.41) is 2.96. The van der Waals surface area contributed by atoms with E-state index in [0.717, 1.165) is 16.5 Å². The van der Waals surface area contributed by atoms with Crippen molar-refractivity contribution in [3.63, 3.8) is 0 Å². The number of benzene rings is 3. The number of para-hydroxylation sites is 2. The van der Waals surface area contributed by atoms with Crippen molar-refractivity contribution >= 4 is 50.5 Å². The molecule has 33 heavy (non-hydrogen) atoms.